The first kappa shape index (κ1) is 31.4. The van der Waals surface area contributed by atoms with E-state index in [0.717, 1.165) is 33.1 Å². The Hall–Kier alpha value is -6.11. The van der Waals surface area contributed by atoms with Crippen molar-refractivity contribution in [3.05, 3.63) is 182 Å². The molecule has 0 N–H and O–H groups in total. The van der Waals surface area contributed by atoms with Crippen molar-refractivity contribution < 1.29 is 0 Å². The normalized spacial score (nSPS) is 11.7. The minimum atomic E-state index is 1.05. The fourth-order valence-corrected chi connectivity index (χ4v) is 11.0. The maximum absolute atomic E-state index is 5.26. The first-order valence-electron chi connectivity index (χ1n) is 18.0. The average Bonchev–Trinajstić information content (AvgIpc) is 3.95. The summed E-state index contributed by atoms with van der Waals surface area (Å²) in [6, 6.07) is 66.1. The van der Waals surface area contributed by atoms with E-state index in [2.05, 4.69) is 187 Å². The van der Waals surface area contributed by atoms with Gasteiger partial charge in [0, 0.05) is 63.0 Å². The van der Waals surface area contributed by atoms with E-state index in [9.17, 15) is 0 Å². The molecule has 0 saturated heterocycles. The van der Waals surface area contributed by atoms with Gasteiger partial charge in [0.05, 0.1) is 10.2 Å². The number of benzene rings is 8. The minimum Gasteiger partial charge on any atom is -0.310 e. The molecule has 0 bridgehead atoms. The van der Waals surface area contributed by atoms with Crippen molar-refractivity contribution in [2.45, 2.75) is 0 Å². The van der Waals surface area contributed by atoms with Crippen molar-refractivity contribution in [2.75, 3.05) is 4.90 Å². The Morgan fingerprint density at radius 1 is 0.352 bits per heavy atom. The number of nitrogens with zero attached hydrogens (tertiary/aromatic N) is 2. The van der Waals surface area contributed by atoms with Gasteiger partial charge in [0.1, 0.15) is 5.01 Å². The smallest absolute Gasteiger partial charge is 0.124 e. The van der Waals surface area contributed by atoms with Crippen LogP contribution < -0.4 is 4.90 Å². The van der Waals surface area contributed by atoms with Gasteiger partial charge in [0.2, 0.25) is 0 Å². The summed E-state index contributed by atoms with van der Waals surface area (Å²) in [5.74, 6) is 0. The van der Waals surface area contributed by atoms with E-state index in [1.807, 2.05) is 22.7 Å². The fourth-order valence-electron chi connectivity index (χ4n) is 7.79. The lowest BCUT2D eigenvalue weighted by Crippen LogP contribution is -2.10. The van der Waals surface area contributed by atoms with Gasteiger partial charge in [-0.25, -0.2) is 4.98 Å². The lowest BCUT2D eigenvalue weighted by Gasteiger charge is -2.26. The van der Waals surface area contributed by atoms with Gasteiger partial charge in [-0.15, -0.1) is 34.0 Å². The molecular formula is C49H30N2S3. The van der Waals surface area contributed by atoms with Crippen molar-refractivity contribution >= 4 is 102 Å². The molecule has 54 heavy (non-hydrogen) atoms. The molecule has 0 unspecified atom stereocenters. The van der Waals surface area contributed by atoms with Crippen LogP contribution in [-0.2, 0) is 0 Å². The Balaban J connectivity index is 1.10. The molecule has 0 aliphatic carbocycles. The summed E-state index contributed by atoms with van der Waals surface area (Å²) in [6.07, 6.45) is 0. The maximum atomic E-state index is 5.26. The molecule has 0 saturated carbocycles. The number of hydrogen-bond acceptors (Lipinski definition) is 5. The van der Waals surface area contributed by atoms with Crippen LogP contribution in [0.25, 0.3) is 83.4 Å². The molecule has 11 aromatic rings. The van der Waals surface area contributed by atoms with Gasteiger partial charge in [-0.05, 0) is 89.0 Å². The van der Waals surface area contributed by atoms with Crippen LogP contribution in [-0.4, -0.2) is 4.98 Å². The van der Waals surface area contributed by atoms with E-state index < -0.39 is 0 Å². The molecular weight excluding hydrogens is 713 g/mol. The highest BCUT2D eigenvalue weighted by molar-refractivity contribution is 7.27. The molecule has 0 aliphatic heterocycles. The van der Waals surface area contributed by atoms with Gasteiger partial charge >= 0.3 is 0 Å². The predicted octanol–water partition coefficient (Wildman–Crippen LogP) is 15.5. The molecule has 254 valence electrons. The van der Waals surface area contributed by atoms with Crippen LogP contribution in [0.3, 0.4) is 0 Å². The predicted molar refractivity (Wildman–Crippen MR) is 236 cm³/mol. The Bertz CT molecular complexity index is 3160. The summed E-state index contributed by atoms with van der Waals surface area (Å²) in [5.41, 5.74) is 10.4. The first-order chi connectivity index (χ1) is 26.7. The zero-order valence-corrected chi connectivity index (χ0v) is 31.4. The van der Waals surface area contributed by atoms with E-state index in [-0.39, 0.29) is 0 Å². The Kier molecular flexibility index (Phi) is 7.44. The number of thiophene rings is 2. The van der Waals surface area contributed by atoms with Gasteiger partial charge < -0.3 is 4.90 Å². The van der Waals surface area contributed by atoms with Crippen LogP contribution in [0.5, 0.6) is 0 Å². The van der Waals surface area contributed by atoms with Gasteiger partial charge in [-0.3, -0.25) is 0 Å². The standard InChI is InChI=1S/C49H30N2S3/c1-3-11-31(12-4-1)32-21-23-35(24-22-32)51(36-16-9-15-34(29-36)38-18-10-20-43-46(38)39-17-7-8-19-41(39)52-43)37-25-26-42-40(30-37)47-44(53-42)27-28-45-48(47)50-49(54-45)33-13-5-2-6-14-33/h1-30H. The highest BCUT2D eigenvalue weighted by Gasteiger charge is 2.19. The maximum Gasteiger partial charge on any atom is 0.124 e. The lowest BCUT2D eigenvalue weighted by molar-refractivity contribution is 1.29. The SMILES string of the molecule is c1ccc(-c2ccc(N(c3cccc(-c4cccc5sc6ccccc6c45)c3)c3ccc4sc5ccc6sc(-c7ccccc7)nc6c5c4c3)cc2)cc1. The van der Waals surface area contributed by atoms with E-state index in [1.54, 1.807) is 11.3 Å². The highest BCUT2D eigenvalue weighted by Crippen LogP contribution is 2.46. The van der Waals surface area contributed by atoms with Crippen molar-refractivity contribution in [3.8, 4) is 32.8 Å². The number of thiazole rings is 1. The molecule has 5 heteroatoms. The summed E-state index contributed by atoms with van der Waals surface area (Å²) in [5, 5.41) is 6.16. The molecule has 11 rings (SSSR count). The Morgan fingerprint density at radius 3 is 1.78 bits per heavy atom. The molecule has 0 spiro atoms. The number of anilines is 3. The first-order valence-corrected chi connectivity index (χ1v) is 20.5. The molecule has 3 heterocycles. The topological polar surface area (TPSA) is 16.1 Å². The number of fused-ring (bicyclic) bond motifs is 8. The third-order valence-corrected chi connectivity index (χ3v) is 13.6. The van der Waals surface area contributed by atoms with Crippen LogP contribution in [0, 0.1) is 0 Å². The molecule has 2 nitrogen and oxygen atoms in total. The zero-order valence-electron chi connectivity index (χ0n) is 28.9. The second kappa shape index (κ2) is 12.8. The number of rotatable bonds is 6. The van der Waals surface area contributed by atoms with Crippen molar-refractivity contribution in [3.63, 3.8) is 0 Å². The van der Waals surface area contributed by atoms with Crippen LogP contribution in [0.2, 0.25) is 0 Å². The summed E-state index contributed by atoms with van der Waals surface area (Å²) < 4.78 is 6.36. The molecule has 0 radical (unpaired) electrons. The summed E-state index contributed by atoms with van der Waals surface area (Å²) in [6.45, 7) is 0. The average molecular weight is 743 g/mol. The lowest BCUT2D eigenvalue weighted by atomic mass is 9.98. The highest BCUT2D eigenvalue weighted by atomic mass is 32.1. The third kappa shape index (κ3) is 5.24. The summed E-state index contributed by atoms with van der Waals surface area (Å²) >= 11 is 5.47. The van der Waals surface area contributed by atoms with Crippen molar-refractivity contribution in [2.24, 2.45) is 0 Å². The van der Waals surface area contributed by atoms with Crippen molar-refractivity contribution in [1.82, 2.24) is 4.98 Å². The fraction of sp³-hybridized carbons (Fsp3) is 0. The number of hydrogen-bond donors (Lipinski definition) is 0. The zero-order chi connectivity index (χ0) is 35.6. The molecule has 0 fully saturated rings. The van der Waals surface area contributed by atoms with E-state index >= 15 is 0 Å². The van der Waals surface area contributed by atoms with Crippen LogP contribution in [0.15, 0.2) is 182 Å². The second-order valence-electron chi connectivity index (χ2n) is 13.5. The molecule has 0 atom stereocenters. The quantitative estimate of drug-likeness (QED) is 0.169. The Morgan fingerprint density at radius 2 is 0.944 bits per heavy atom. The van der Waals surface area contributed by atoms with Gasteiger partial charge in [-0.2, -0.15) is 0 Å². The van der Waals surface area contributed by atoms with Gasteiger partial charge in [-0.1, -0.05) is 115 Å². The van der Waals surface area contributed by atoms with Crippen molar-refractivity contribution in [1.29, 1.82) is 0 Å². The molecule has 8 aromatic carbocycles. The summed E-state index contributed by atoms with van der Waals surface area (Å²) in [7, 11) is 0. The van der Waals surface area contributed by atoms with Crippen LogP contribution in [0.1, 0.15) is 0 Å². The van der Waals surface area contributed by atoms with E-state index in [0.29, 0.717) is 0 Å². The van der Waals surface area contributed by atoms with E-state index in [1.165, 1.54) is 67.3 Å². The Labute approximate surface area is 324 Å². The minimum absolute atomic E-state index is 1.05. The molecule has 0 amide bonds. The monoisotopic (exact) mass is 742 g/mol. The molecule has 3 aromatic heterocycles. The number of aromatic nitrogens is 1. The van der Waals surface area contributed by atoms with Crippen LogP contribution >= 0.6 is 34.0 Å². The summed E-state index contributed by atoms with van der Waals surface area (Å²) in [4.78, 5) is 7.67. The van der Waals surface area contributed by atoms with E-state index in [4.69, 9.17) is 4.98 Å². The van der Waals surface area contributed by atoms with Gasteiger partial charge in [0.15, 0.2) is 0 Å². The largest absolute Gasteiger partial charge is 0.310 e. The van der Waals surface area contributed by atoms with Crippen LogP contribution in [0.4, 0.5) is 17.1 Å². The van der Waals surface area contributed by atoms with Gasteiger partial charge in [0.25, 0.3) is 0 Å². The molecule has 0 aliphatic rings. The second-order valence-corrected chi connectivity index (χ2v) is 16.7. The third-order valence-electron chi connectivity index (χ3n) is 10.3.